The number of hydrogen-bond acceptors (Lipinski definition) is 20. The molecular weight excluding hydrogens is 1380 g/mol. The predicted molar refractivity (Wildman–Crippen MR) is 364 cm³/mol. The van der Waals surface area contributed by atoms with Crippen molar-refractivity contribution in [2.45, 2.75) is 178 Å². The quantitative estimate of drug-likeness (QED) is 0.0205. The van der Waals surface area contributed by atoms with E-state index < -0.39 is 208 Å². The molecule has 0 aromatic heterocycles. The number of nitrogens with one attached hydrogen (secondary N) is 8. The Labute approximate surface area is 594 Å². The first-order chi connectivity index (χ1) is 48.0. The van der Waals surface area contributed by atoms with E-state index >= 15 is 4.11 Å². The molecule has 0 bridgehead atoms. The number of benzene rings is 1. The lowest BCUT2D eigenvalue weighted by molar-refractivity contribution is -0.145. The molecule has 103 heavy (non-hydrogen) atoms. The summed E-state index contributed by atoms with van der Waals surface area (Å²) >= 11 is 0. The zero-order valence-electron chi connectivity index (χ0n) is 58.8. The molecule has 1 heterocycles. The molecule has 6 atom stereocenters. The van der Waals surface area contributed by atoms with Crippen molar-refractivity contribution in [1.82, 2.24) is 62.1 Å². The summed E-state index contributed by atoms with van der Waals surface area (Å²) in [4.78, 5) is 205. The largest absolute Gasteiger partial charge is 0.481 e. The fourth-order valence-corrected chi connectivity index (χ4v) is 16.2. The minimum Gasteiger partial charge on any atom is -0.481 e. The van der Waals surface area contributed by atoms with E-state index in [1.165, 1.54) is 43.9 Å². The SMILES string of the molecule is CC(C)(C)[Si](F)(c1ccc(C(=O)NC[C@@H](NC(=O)CC[C@H](C(=O)O)N2CCN(CC(=O)O)CCN(CC(=O)O)CCN(CC(=O)O)CC2)C(=O)N[C@H](CCCCNC(=O)CCC(=O)NCCC[C@H](NC(=O)CC[C@H](NC(=O)N[C@@H](CCCC(=O)O)C(=O)O)C(=O)O)C(=O)O)C(=O)O)cc1)C(C)(C)C. The van der Waals surface area contributed by atoms with Gasteiger partial charge in [-0.2, -0.15) is 0 Å². The van der Waals surface area contributed by atoms with Crippen LogP contribution in [0, 0.1) is 0 Å². The number of halogens is 1. The lowest BCUT2D eigenvalue weighted by atomic mass is 10.1. The number of carbonyl (C=O) groups excluding carboxylic acids is 7. The van der Waals surface area contributed by atoms with Gasteiger partial charge in [0.2, 0.25) is 29.5 Å². The minimum absolute atomic E-state index is 0.00248. The van der Waals surface area contributed by atoms with Gasteiger partial charge >= 0.3 is 59.8 Å². The molecule has 1 aliphatic heterocycles. The second-order valence-electron chi connectivity index (χ2n) is 26.9. The van der Waals surface area contributed by atoms with Gasteiger partial charge < -0.3 is 92.6 Å². The smallest absolute Gasteiger partial charge is 0.326 e. The van der Waals surface area contributed by atoms with Crippen molar-refractivity contribution in [3.8, 4) is 0 Å². The lowest BCUT2D eigenvalue weighted by Gasteiger charge is -2.44. The minimum atomic E-state index is -3.77. The van der Waals surface area contributed by atoms with E-state index in [-0.39, 0.29) is 129 Å². The van der Waals surface area contributed by atoms with E-state index in [1.54, 1.807) is 41.5 Å². The predicted octanol–water partition coefficient (Wildman–Crippen LogP) is -1.33. The molecule has 1 saturated heterocycles. The van der Waals surface area contributed by atoms with Crippen LogP contribution in [0.15, 0.2) is 24.3 Å². The third-order valence-electron chi connectivity index (χ3n) is 16.9. The molecule has 0 spiro atoms. The first kappa shape index (κ1) is 89.6. The molecule has 0 unspecified atom stereocenters. The standard InChI is InChI=1S/C64H101FN12O25Si/c1-63(2,3)103(65,64(4,5)6)40-17-15-39(16-18-40)55(90)68-35-45(70-50(81)22-20-46(61(100)101)77-33-31-75(37-53(86)87)29-27-74(36-52(84)85)28-30-76(32-34-77)38-54(88)89)56(91)71-42(58(94)95)11-7-8-25-66-47(78)23-24-48(79)67-26-10-13-41(57(92)93)69-49(80)21-19-44(60(98)99)73-62(102)72-43(59(96)97)12-9-14-51(82)83/h15-18,41-46H,7-14,19-38H2,1-6H3,(H,66,78)(H,67,79)(H,68,90)(H,69,80)(H,70,81)(H,71,91)(H,82,83)(H,84,85)(H,86,87)(H,88,89)(H,92,93)(H,94,95)(H,96,97)(H,98,99)(H,100,101)(H2,72,73,102)/t41-,42+,43-,44-,45+,46+/m0/s1. The summed E-state index contributed by atoms with van der Waals surface area (Å²) in [6.45, 7) is 8.45. The zero-order chi connectivity index (χ0) is 78.0. The Balaban J connectivity index is 2.14. The Morgan fingerprint density at radius 3 is 1.22 bits per heavy atom. The van der Waals surface area contributed by atoms with E-state index in [4.69, 9.17) is 5.11 Å². The molecular formula is C64H101FN12O25Si. The second-order valence-corrected chi connectivity index (χ2v) is 31.8. The van der Waals surface area contributed by atoms with E-state index in [9.17, 15) is 118 Å². The van der Waals surface area contributed by atoms with Gasteiger partial charge in [0.25, 0.3) is 14.3 Å². The third kappa shape index (κ3) is 33.9. The molecule has 37 nitrogen and oxygen atoms in total. The monoisotopic (exact) mass is 1480 g/mol. The van der Waals surface area contributed by atoms with Gasteiger partial charge in [-0.15, -0.1) is 0 Å². The van der Waals surface area contributed by atoms with Crippen LogP contribution in [0.4, 0.5) is 8.90 Å². The van der Waals surface area contributed by atoms with Crippen molar-refractivity contribution in [2.24, 2.45) is 0 Å². The van der Waals surface area contributed by atoms with Crippen LogP contribution in [0.5, 0.6) is 0 Å². The molecule has 17 N–H and O–H groups in total. The van der Waals surface area contributed by atoms with E-state index in [2.05, 4.69) is 31.9 Å². The fourth-order valence-electron chi connectivity index (χ4n) is 11.6. The highest BCUT2D eigenvalue weighted by Crippen LogP contribution is 2.51. The summed E-state index contributed by atoms with van der Waals surface area (Å²) in [6, 6.07) is -4.98. The summed E-state index contributed by atoms with van der Waals surface area (Å²) in [5.74, 6) is -17.3. The van der Waals surface area contributed by atoms with Crippen LogP contribution in [0.25, 0.3) is 0 Å². The first-order valence-electron chi connectivity index (χ1n) is 33.5. The summed E-state index contributed by atoms with van der Waals surface area (Å²) in [7, 11) is -3.77. The van der Waals surface area contributed by atoms with Gasteiger partial charge in [0.05, 0.1) is 19.6 Å². The molecule has 578 valence electrons. The topological polar surface area (TPSA) is 564 Å². The lowest BCUT2D eigenvalue weighted by Crippen LogP contribution is -2.58. The van der Waals surface area contributed by atoms with Gasteiger partial charge in [0.15, 0.2) is 0 Å². The van der Waals surface area contributed by atoms with Gasteiger partial charge in [0.1, 0.15) is 36.3 Å². The number of aliphatic carboxylic acids is 9. The summed E-state index contributed by atoms with van der Waals surface area (Å²) < 4.78 is 17.1. The third-order valence-corrected chi connectivity index (χ3v) is 22.1. The number of carboxylic acid groups (broad SMARTS) is 9. The van der Waals surface area contributed by atoms with Gasteiger partial charge in [0, 0.05) is 110 Å². The van der Waals surface area contributed by atoms with Crippen molar-refractivity contribution < 1.29 is 127 Å². The molecule has 1 aromatic carbocycles. The number of hydrogen-bond donors (Lipinski definition) is 17. The Morgan fingerprint density at radius 2 is 0.796 bits per heavy atom. The average molecular weight is 1490 g/mol. The van der Waals surface area contributed by atoms with Gasteiger partial charge in [-0.3, -0.25) is 72.3 Å². The van der Waals surface area contributed by atoms with Crippen molar-refractivity contribution in [2.75, 3.05) is 91.6 Å². The number of amides is 8. The first-order valence-corrected chi connectivity index (χ1v) is 35.4. The number of carbonyl (C=O) groups is 16. The number of carboxylic acids is 9. The van der Waals surface area contributed by atoms with Gasteiger partial charge in [-0.05, 0) is 85.2 Å². The van der Waals surface area contributed by atoms with Crippen LogP contribution in [0.1, 0.15) is 142 Å². The number of nitrogens with zero attached hydrogens (tertiary/aromatic N) is 4. The molecule has 8 amide bonds. The maximum atomic E-state index is 17.1. The van der Waals surface area contributed by atoms with Crippen molar-refractivity contribution in [3.63, 3.8) is 0 Å². The molecule has 2 rings (SSSR count). The van der Waals surface area contributed by atoms with Crippen LogP contribution < -0.4 is 47.7 Å². The van der Waals surface area contributed by atoms with E-state index in [1.807, 2.05) is 10.6 Å². The Hall–Kier alpha value is -9.47. The van der Waals surface area contributed by atoms with Crippen LogP contribution in [-0.2, 0) is 67.1 Å². The summed E-state index contributed by atoms with van der Waals surface area (Å²) in [6.07, 6.45) is -3.85. The molecule has 1 aromatic rings. The number of rotatable bonds is 44. The van der Waals surface area contributed by atoms with Gasteiger partial charge in [-0.25, -0.2) is 24.0 Å². The maximum absolute atomic E-state index is 17.1. The van der Waals surface area contributed by atoms with Crippen molar-refractivity contribution >= 4 is 109 Å². The summed E-state index contributed by atoms with van der Waals surface area (Å²) in [5, 5.41) is 105. The van der Waals surface area contributed by atoms with E-state index in [0.717, 1.165) is 0 Å². The zero-order valence-corrected chi connectivity index (χ0v) is 59.8. The Morgan fingerprint density at radius 1 is 0.408 bits per heavy atom. The highest BCUT2D eigenvalue weighted by Gasteiger charge is 2.56. The van der Waals surface area contributed by atoms with E-state index in [0.29, 0.717) is 5.19 Å². The van der Waals surface area contributed by atoms with Crippen molar-refractivity contribution in [1.29, 1.82) is 0 Å². The van der Waals surface area contributed by atoms with Crippen LogP contribution >= 0.6 is 0 Å². The average Bonchev–Trinajstić information content (AvgIpc) is 0.748. The second kappa shape index (κ2) is 44.1. The molecule has 0 radical (unpaired) electrons. The Bertz CT molecular complexity index is 3070. The Kier molecular flexibility index (Phi) is 38.4. The highest BCUT2D eigenvalue weighted by atomic mass is 28.4. The van der Waals surface area contributed by atoms with Crippen LogP contribution in [0.2, 0.25) is 10.1 Å². The summed E-state index contributed by atoms with van der Waals surface area (Å²) in [5.41, 5.74) is 0.0386. The van der Waals surface area contributed by atoms with Crippen molar-refractivity contribution in [3.05, 3.63) is 29.8 Å². The molecule has 39 heteroatoms. The van der Waals surface area contributed by atoms with Gasteiger partial charge in [-0.1, -0.05) is 53.7 Å². The fraction of sp³-hybridized carbons (Fsp3) is 0.656. The normalized spacial score (nSPS) is 15.6. The molecule has 0 aliphatic carbocycles. The van der Waals surface area contributed by atoms with Crippen LogP contribution in [0.3, 0.4) is 0 Å². The molecule has 1 fully saturated rings. The maximum Gasteiger partial charge on any atom is 0.326 e. The molecule has 1 aliphatic rings. The molecule has 0 saturated carbocycles. The highest BCUT2D eigenvalue weighted by molar-refractivity contribution is 6.90. The number of urea groups is 1. The number of unbranched alkanes of at least 4 members (excludes halogenated alkanes) is 1. The van der Waals surface area contributed by atoms with Crippen LogP contribution in [-0.4, -0.2) is 297 Å².